The van der Waals surface area contributed by atoms with E-state index in [1.54, 1.807) is 76.4 Å². The van der Waals surface area contributed by atoms with Crippen LogP contribution in [0.4, 0.5) is 4.79 Å². The molecule has 0 saturated carbocycles. The first-order valence-corrected chi connectivity index (χ1v) is 38.1. The molecule has 7 rings (SSSR count). The summed E-state index contributed by atoms with van der Waals surface area (Å²) in [5.74, 6) is 19.0. The maximum atomic E-state index is 13.6. The van der Waals surface area contributed by atoms with Crippen LogP contribution in [-0.2, 0) is 53.0 Å². The summed E-state index contributed by atoms with van der Waals surface area (Å²) in [5.41, 5.74) is 5.21. The fourth-order valence-corrected chi connectivity index (χ4v) is 12.3. The molecule has 6 N–H and O–H groups in total. The maximum Gasteiger partial charge on any atom is 0.407 e. The summed E-state index contributed by atoms with van der Waals surface area (Å²) in [7, 11) is -14.4. The van der Waals surface area contributed by atoms with Crippen molar-refractivity contribution in [2.45, 2.75) is 84.7 Å². The van der Waals surface area contributed by atoms with Crippen molar-refractivity contribution in [3.05, 3.63) is 165 Å². The Morgan fingerprint density at radius 3 is 1.49 bits per heavy atom. The quantitative estimate of drug-likeness (QED) is 0.0180. The number of carbonyl (C=O) groups is 2. The molecule has 1 aliphatic rings. The molecule has 4 atom stereocenters. The lowest BCUT2D eigenvalue weighted by atomic mass is 10.1. The number of aryl methyl sites for hydroxylation is 1. The van der Waals surface area contributed by atoms with Gasteiger partial charge in [0.2, 0.25) is 22.1 Å². The number of nitrogens with one attached hydrogen (secondary N) is 2. The van der Waals surface area contributed by atoms with Crippen LogP contribution in [0.3, 0.4) is 0 Å². The highest BCUT2D eigenvalue weighted by atomic mass is 32.2. The average Bonchev–Trinajstić information content (AvgIpc) is 1.49. The Bertz CT molecular complexity index is 4060. The number of hydrogen-bond donors (Lipinski definition) is 6. The summed E-state index contributed by atoms with van der Waals surface area (Å²) in [6, 6.07) is 31.3. The fraction of sp³-hybridized carbons (Fsp3) is 0.388. The van der Waals surface area contributed by atoms with Crippen LogP contribution in [0.25, 0.3) is 0 Å². The Balaban J connectivity index is 1.26. The minimum atomic E-state index is -4.15. The molecule has 3 unspecified atom stereocenters. The molecule has 22 nitrogen and oxygen atoms in total. The summed E-state index contributed by atoms with van der Waals surface area (Å²) < 4.78 is 87.9. The fourth-order valence-electron chi connectivity index (χ4n) is 9.69. The van der Waals surface area contributed by atoms with E-state index < -0.39 is 55.6 Å². The normalized spacial score (nSPS) is 16.1. The molecule has 0 aliphatic carbocycles. The van der Waals surface area contributed by atoms with Crippen LogP contribution >= 0.6 is 22.1 Å². The Hall–Kier alpha value is -7.51. The molecule has 6 aromatic rings. The highest BCUT2D eigenvalue weighted by Gasteiger charge is 2.29. The first-order chi connectivity index (χ1) is 43.8. The number of pyridine rings is 3. The van der Waals surface area contributed by atoms with Gasteiger partial charge in [0, 0.05) is 125 Å². The monoisotopic (exact) mass is 1350 g/mol. The van der Waals surface area contributed by atoms with Gasteiger partial charge in [-0.15, -0.1) is 0 Å². The topological polar surface area (TPSA) is 301 Å². The summed E-state index contributed by atoms with van der Waals surface area (Å²) in [4.78, 5) is 79.2. The number of nitrogens with zero attached hydrogens (tertiary/aromatic N) is 6. The zero-order chi connectivity index (χ0) is 67.6. The smallest absolute Gasteiger partial charge is 0.407 e. The van der Waals surface area contributed by atoms with Gasteiger partial charge in [-0.25, -0.2) is 19.7 Å². The van der Waals surface area contributed by atoms with Crippen molar-refractivity contribution in [3.8, 4) is 47.0 Å². The van der Waals surface area contributed by atoms with Crippen LogP contribution in [0.2, 0.25) is 0 Å². The van der Waals surface area contributed by atoms with Gasteiger partial charge in [0.25, 0.3) is 16.0 Å². The molecule has 1 fully saturated rings. The van der Waals surface area contributed by atoms with Gasteiger partial charge in [-0.1, -0.05) is 59.6 Å². The minimum Gasteiger partial charge on any atom is -0.497 e. The summed E-state index contributed by atoms with van der Waals surface area (Å²) in [5, 5.41) is 5.40. The lowest BCUT2D eigenvalue weighted by molar-refractivity contribution is -0.123. The molecule has 3 aromatic carbocycles. The second kappa shape index (κ2) is 33.1. The highest BCUT2D eigenvalue weighted by molar-refractivity contribution is 7.85. The summed E-state index contributed by atoms with van der Waals surface area (Å²) in [6.45, 7) is 13.9. The molecule has 0 radical (unpaired) electrons. The van der Waals surface area contributed by atoms with Crippen molar-refractivity contribution >= 4 is 60.5 Å². The van der Waals surface area contributed by atoms with Gasteiger partial charge in [0.15, 0.2) is 6.61 Å². The van der Waals surface area contributed by atoms with Crippen molar-refractivity contribution in [3.63, 3.8) is 0 Å². The third kappa shape index (κ3) is 25.7. The van der Waals surface area contributed by atoms with Crippen molar-refractivity contribution in [2.24, 2.45) is 0 Å². The van der Waals surface area contributed by atoms with Gasteiger partial charge in [-0.05, 0) is 144 Å². The number of methoxy groups -OCH3 is 1. The summed E-state index contributed by atoms with van der Waals surface area (Å²) >= 11 is 0. The van der Waals surface area contributed by atoms with Crippen molar-refractivity contribution < 1.29 is 65.1 Å². The molecule has 0 spiro atoms. The average molecular weight is 1350 g/mol. The van der Waals surface area contributed by atoms with Gasteiger partial charge in [-0.3, -0.25) is 37.7 Å². The highest BCUT2D eigenvalue weighted by Crippen LogP contribution is 2.35. The van der Waals surface area contributed by atoms with Crippen molar-refractivity contribution in [1.82, 2.24) is 40.3 Å². The van der Waals surface area contributed by atoms with E-state index in [1.165, 1.54) is 32.1 Å². The molecule has 0 bridgehead atoms. The molecule has 3 aromatic heterocycles. The Morgan fingerprint density at radius 1 is 0.591 bits per heavy atom. The molecule has 2 amide bonds. The number of amides is 2. The number of rotatable bonds is 22. The standard InChI is InChI=1S/C67H81N8O14P3S/c1-49-13-15-50(16-14-49)17-20-54-39-57(71-64(42-54)91(7,80)81)45-74-34-33-73(44-56-38-53(41-63(70-56)90(6,78)79)21-18-51-23-27-60(87-5)28-24-51)35-36-75(59(47-74)12-9-10-31-69-66(77)89-67(2,3)4)46-58-40-55(43-65(72-58)92(8,82)83)22-19-52-25-29-61(30-26-52)88-48-62(76)68-32-11-37-93(84,85)86/h13-16,23-30,38-43,59H,9-12,31-37,44-48H2,1-8H3,(H,68,76)(H,69,77)(H,78,79)(H,80,81)(H,82,83)(H,84,85,86)/t59-/m0/s1. The number of ether oxygens (including phenoxy) is 3. The first-order valence-electron chi connectivity index (χ1n) is 30.1. The predicted molar refractivity (Wildman–Crippen MR) is 360 cm³/mol. The second-order valence-electron chi connectivity index (χ2n) is 24.0. The molecule has 93 heavy (non-hydrogen) atoms. The van der Waals surface area contributed by atoms with E-state index in [2.05, 4.69) is 60.9 Å². The Labute approximate surface area is 545 Å². The van der Waals surface area contributed by atoms with Gasteiger partial charge >= 0.3 is 6.09 Å². The predicted octanol–water partition coefficient (Wildman–Crippen LogP) is 6.62. The Kier molecular flexibility index (Phi) is 25.9. The van der Waals surface area contributed by atoms with Gasteiger partial charge in [-0.2, -0.15) is 8.42 Å². The molecule has 4 heterocycles. The minimum absolute atomic E-state index is 0.00133. The van der Waals surface area contributed by atoms with Gasteiger partial charge < -0.3 is 39.5 Å². The first kappa shape index (κ1) is 72.9. The number of hydrogen-bond acceptors (Lipinski definition) is 16. The molecule has 1 saturated heterocycles. The Morgan fingerprint density at radius 2 is 1.02 bits per heavy atom. The molecular formula is C67H81N8O14P3S. The van der Waals surface area contributed by atoms with Crippen LogP contribution < -0.4 is 36.4 Å². The second-order valence-corrected chi connectivity index (χ2v) is 32.2. The van der Waals surface area contributed by atoms with Crippen LogP contribution in [0, 0.1) is 42.4 Å². The SMILES string of the molecule is COc1ccc(C#Cc2cc(CN3CCN(Cc4cc(C#Cc5ccc(C)cc5)cc(P(C)(=O)O)n4)C[C@H](CCCCNC(=O)OC(C)(C)C)N(Cc4cc(C#Cc5ccc(OCC(=O)NCCCS(=O)(=O)O)cc5)cc(P(C)(=O)O)n4)CC3)nc(P(C)(=O)O)c2)cc1. The van der Waals surface area contributed by atoms with Gasteiger partial charge in [0.1, 0.15) is 33.4 Å². The molecule has 1 aliphatic heterocycles. The van der Waals surface area contributed by atoms with Crippen LogP contribution in [0.15, 0.2) is 109 Å². The van der Waals surface area contributed by atoms with E-state index in [9.17, 15) is 46.4 Å². The van der Waals surface area contributed by atoms with Gasteiger partial charge in [0.05, 0.1) is 29.9 Å². The van der Waals surface area contributed by atoms with E-state index in [-0.39, 0.29) is 61.6 Å². The van der Waals surface area contributed by atoms with Crippen molar-refractivity contribution in [1.29, 1.82) is 0 Å². The van der Waals surface area contributed by atoms with E-state index >= 15 is 0 Å². The van der Waals surface area contributed by atoms with E-state index in [0.29, 0.717) is 115 Å². The third-order valence-electron chi connectivity index (χ3n) is 14.4. The molecule has 494 valence electrons. The van der Waals surface area contributed by atoms with Crippen LogP contribution in [-0.4, -0.2) is 166 Å². The van der Waals surface area contributed by atoms with Crippen LogP contribution in [0.1, 0.15) is 102 Å². The van der Waals surface area contributed by atoms with Crippen molar-refractivity contribution in [2.75, 3.05) is 85.3 Å². The summed E-state index contributed by atoms with van der Waals surface area (Å²) in [6.07, 6.45) is 1.32. The third-order valence-corrected chi connectivity index (χ3v) is 18.4. The number of carbonyl (C=O) groups excluding carboxylic acids is 2. The van der Waals surface area contributed by atoms with E-state index in [0.717, 1.165) is 11.1 Å². The maximum absolute atomic E-state index is 13.6. The van der Waals surface area contributed by atoms with E-state index in [1.807, 2.05) is 55.5 Å². The van der Waals surface area contributed by atoms with Crippen LogP contribution in [0.5, 0.6) is 11.5 Å². The number of unbranched alkanes of at least 4 members (excludes halogenated alkanes) is 1. The lowest BCUT2D eigenvalue weighted by Gasteiger charge is -2.35. The zero-order valence-corrected chi connectivity index (χ0v) is 57.1. The number of benzene rings is 3. The lowest BCUT2D eigenvalue weighted by Crippen LogP contribution is -2.45. The van der Waals surface area contributed by atoms with E-state index in [4.69, 9.17) is 33.7 Å². The molecular weight excluding hydrogens is 1270 g/mol. The molecule has 26 heteroatoms. The zero-order valence-electron chi connectivity index (χ0n) is 53.6. The number of alkyl carbamates (subject to hydrolysis) is 1. The number of aromatic nitrogens is 3. The largest absolute Gasteiger partial charge is 0.497 e.